The zero-order chi connectivity index (χ0) is 24.0. The van der Waals surface area contributed by atoms with E-state index in [1.165, 1.54) is 12.8 Å². The highest BCUT2D eigenvalue weighted by Gasteiger charge is 2.28. The highest BCUT2D eigenvalue weighted by atomic mass is 32.1. The van der Waals surface area contributed by atoms with Crippen LogP contribution in [0.25, 0.3) is 11.1 Å². The molecule has 3 saturated heterocycles. The zero-order valence-corrected chi connectivity index (χ0v) is 21.3. The lowest BCUT2D eigenvalue weighted by Crippen LogP contribution is -2.51. The fourth-order valence-electron chi connectivity index (χ4n) is 5.19. The summed E-state index contributed by atoms with van der Waals surface area (Å²) in [6.07, 6.45) is 4.69. The molecule has 4 heterocycles. The Morgan fingerprint density at radius 3 is 2.17 bits per heavy atom. The first-order valence-corrected chi connectivity index (χ1v) is 13.8. The third kappa shape index (κ3) is 5.88. The van der Waals surface area contributed by atoms with E-state index >= 15 is 0 Å². The normalized spacial score (nSPS) is 20.1. The Morgan fingerprint density at radius 1 is 0.800 bits per heavy atom. The minimum Gasteiger partial charge on any atom is -0.378 e. The maximum Gasteiger partial charge on any atom is 0.264 e. The number of rotatable bonds is 5. The van der Waals surface area contributed by atoms with Crippen molar-refractivity contribution in [3.05, 3.63) is 41.3 Å². The number of amides is 2. The molecule has 0 N–H and O–H groups in total. The zero-order valence-electron chi connectivity index (χ0n) is 20.5. The maximum atomic E-state index is 13.5. The van der Waals surface area contributed by atoms with E-state index in [0.29, 0.717) is 32.8 Å². The van der Waals surface area contributed by atoms with Gasteiger partial charge in [-0.1, -0.05) is 43.2 Å². The van der Waals surface area contributed by atoms with Gasteiger partial charge in [0.05, 0.1) is 29.6 Å². The number of piperazine rings is 1. The highest BCUT2D eigenvalue weighted by molar-refractivity contribution is 7.18. The summed E-state index contributed by atoms with van der Waals surface area (Å²) in [6.45, 7) is 8.21. The second-order valence-corrected chi connectivity index (χ2v) is 10.7. The third-order valence-electron chi connectivity index (χ3n) is 7.28. The lowest BCUT2D eigenvalue weighted by molar-refractivity contribution is -0.132. The predicted molar refractivity (Wildman–Crippen MR) is 140 cm³/mol. The molecule has 0 spiro atoms. The molecule has 3 fully saturated rings. The molecule has 35 heavy (non-hydrogen) atoms. The number of likely N-dealkylation sites (tertiary alicyclic amines) is 1. The van der Waals surface area contributed by atoms with E-state index in [2.05, 4.69) is 28.0 Å². The lowest BCUT2D eigenvalue weighted by Gasteiger charge is -2.35. The van der Waals surface area contributed by atoms with E-state index in [9.17, 15) is 9.59 Å². The number of carbonyl (C=O) groups is 2. The summed E-state index contributed by atoms with van der Waals surface area (Å²) in [7, 11) is 0. The number of hydrogen-bond acceptors (Lipinski definition) is 6. The summed E-state index contributed by atoms with van der Waals surface area (Å²) in [5.74, 6) is 0.345. The topological polar surface area (TPSA) is 56.3 Å². The van der Waals surface area contributed by atoms with E-state index in [0.717, 1.165) is 73.1 Å². The van der Waals surface area contributed by atoms with Crippen LogP contribution >= 0.6 is 11.3 Å². The number of nitrogens with zero attached hydrogens (tertiary/aromatic N) is 4. The molecular formula is C27H36N4O3S. The summed E-state index contributed by atoms with van der Waals surface area (Å²) < 4.78 is 5.55. The first-order chi connectivity index (χ1) is 17.2. The van der Waals surface area contributed by atoms with Gasteiger partial charge in [-0.05, 0) is 24.5 Å². The van der Waals surface area contributed by atoms with Gasteiger partial charge in [0.25, 0.3) is 5.91 Å². The van der Waals surface area contributed by atoms with Gasteiger partial charge in [-0.3, -0.25) is 14.5 Å². The summed E-state index contributed by atoms with van der Waals surface area (Å²) in [4.78, 5) is 35.6. The molecule has 7 nitrogen and oxygen atoms in total. The summed E-state index contributed by atoms with van der Waals surface area (Å²) >= 11 is 1.60. The number of anilines is 1. The fraction of sp³-hybridized carbons (Fsp3) is 0.556. The van der Waals surface area contributed by atoms with Crippen molar-refractivity contribution in [1.29, 1.82) is 0 Å². The van der Waals surface area contributed by atoms with Gasteiger partial charge in [0.1, 0.15) is 0 Å². The summed E-state index contributed by atoms with van der Waals surface area (Å²) in [6, 6.07) is 12.4. The van der Waals surface area contributed by atoms with Crippen LogP contribution in [0.4, 0.5) is 5.00 Å². The van der Waals surface area contributed by atoms with Crippen LogP contribution in [0.5, 0.6) is 0 Å². The van der Waals surface area contributed by atoms with Crippen molar-refractivity contribution in [2.24, 2.45) is 0 Å². The molecule has 2 aromatic rings. The van der Waals surface area contributed by atoms with Crippen LogP contribution in [0.2, 0.25) is 0 Å². The monoisotopic (exact) mass is 496 g/mol. The van der Waals surface area contributed by atoms with Crippen molar-refractivity contribution in [3.63, 3.8) is 0 Å². The number of carbonyl (C=O) groups excluding carboxylic acids is 2. The van der Waals surface area contributed by atoms with Crippen LogP contribution in [-0.4, -0.2) is 98.6 Å². The van der Waals surface area contributed by atoms with Gasteiger partial charge in [0.15, 0.2) is 0 Å². The predicted octanol–water partition coefficient (Wildman–Crippen LogP) is 3.41. The molecule has 3 aliphatic rings. The molecule has 0 saturated carbocycles. The molecule has 3 aliphatic heterocycles. The SMILES string of the molecule is O=C(CN1CCN(C(=O)c2cc(-c3ccccc3)c(N3CCOCC3)s2)CC1)N1CCCCCC1. The maximum absolute atomic E-state index is 13.5. The molecule has 1 aromatic heterocycles. The van der Waals surface area contributed by atoms with Crippen molar-refractivity contribution >= 4 is 28.2 Å². The second kappa shape index (κ2) is 11.5. The van der Waals surface area contributed by atoms with Gasteiger partial charge in [-0.2, -0.15) is 0 Å². The lowest BCUT2D eigenvalue weighted by atomic mass is 10.1. The van der Waals surface area contributed by atoms with Crippen LogP contribution in [0.1, 0.15) is 35.4 Å². The van der Waals surface area contributed by atoms with E-state index in [1.54, 1.807) is 11.3 Å². The Kier molecular flexibility index (Phi) is 8.01. The molecule has 8 heteroatoms. The van der Waals surface area contributed by atoms with Gasteiger partial charge >= 0.3 is 0 Å². The minimum absolute atomic E-state index is 0.102. The van der Waals surface area contributed by atoms with Gasteiger partial charge < -0.3 is 19.4 Å². The molecular weight excluding hydrogens is 460 g/mol. The third-order valence-corrected chi connectivity index (χ3v) is 8.47. The molecule has 1 aromatic carbocycles. The number of hydrogen-bond donors (Lipinski definition) is 0. The summed E-state index contributed by atoms with van der Waals surface area (Å²) in [5.41, 5.74) is 2.27. The average Bonchev–Trinajstić information content (AvgIpc) is 3.17. The molecule has 2 amide bonds. The van der Waals surface area contributed by atoms with Gasteiger partial charge in [0.2, 0.25) is 5.91 Å². The van der Waals surface area contributed by atoms with Crippen LogP contribution in [0.3, 0.4) is 0 Å². The Bertz CT molecular complexity index is 989. The quantitative estimate of drug-likeness (QED) is 0.635. The van der Waals surface area contributed by atoms with Gasteiger partial charge in [-0.15, -0.1) is 11.3 Å². The Morgan fingerprint density at radius 2 is 1.49 bits per heavy atom. The number of thiophene rings is 1. The minimum atomic E-state index is 0.102. The molecule has 0 atom stereocenters. The first-order valence-electron chi connectivity index (χ1n) is 13.0. The van der Waals surface area contributed by atoms with Crippen molar-refractivity contribution in [2.45, 2.75) is 25.7 Å². The number of ether oxygens (including phenoxy) is 1. The first kappa shape index (κ1) is 24.3. The highest BCUT2D eigenvalue weighted by Crippen LogP contribution is 2.40. The van der Waals surface area contributed by atoms with E-state index in [4.69, 9.17) is 4.74 Å². The van der Waals surface area contributed by atoms with Crippen LogP contribution in [-0.2, 0) is 9.53 Å². The van der Waals surface area contributed by atoms with E-state index in [-0.39, 0.29) is 11.8 Å². The number of morpholine rings is 1. The van der Waals surface area contributed by atoms with Gasteiger partial charge in [-0.25, -0.2) is 0 Å². The smallest absolute Gasteiger partial charge is 0.264 e. The van der Waals surface area contributed by atoms with Crippen LogP contribution in [0, 0.1) is 0 Å². The standard InChI is InChI=1S/C27H36N4O3S/c32-25(29-10-6-1-2-7-11-29)21-28-12-14-30(15-13-28)26(33)24-20-23(22-8-4-3-5-9-22)27(35-24)31-16-18-34-19-17-31/h3-5,8-9,20H,1-2,6-7,10-19,21H2. The Labute approximate surface area is 212 Å². The molecule has 0 aliphatic carbocycles. The Balaban J connectivity index is 1.23. The van der Waals surface area contributed by atoms with Crippen molar-refractivity contribution in [3.8, 4) is 11.1 Å². The molecule has 5 rings (SSSR count). The molecule has 0 radical (unpaired) electrons. The summed E-state index contributed by atoms with van der Waals surface area (Å²) in [5, 5.41) is 1.16. The fourth-order valence-corrected chi connectivity index (χ4v) is 6.39. The van der Waals surface area contributed by atoms with Crippen molar-refractivity contribution in [2.75, 3.05) is 77.0 Å². The van der Waals surface area contributed by atoms with E-state index < -0.39 is 0 Å². The van der Waals surface area contributed by atoms with Crippen LogP contribution < -0.4 is 4.90 Å². The number of benzene rings is 1. The Hall–Kier alpha value is -2.42. The van der Waals surface area contributed by atoms with Crippen molar-refractivity contribution in [1.82, 2.24) is 14.7 Å². The average molecular weight is 497 g/mol. The largest absolute Gasteiger partial charge is 0.378 e. The second-order valence-electron chi connectivity index (χ2n) is 9.66. The molecule has 0 bridgehead atoms. The molecule has 0 unspecified atom stereocenters. The van der Waals surface area contributed by atoms with Gasteiger partial charge in [0, 0.05) is 57.9 Å². The van der Waals surface area contributed by atoms with E-state index in [1.807, 2.05) is 28.0 Å². The van der Waals surface area contributed by atoms with Crippen LogP contribution in [0.15, 0.2) is 36.4 Å². The molecule has 188 valence electrons. The van der Waals surface area contributed by atoms with Crippen molar-refractivity contribution < 1.29 is 14.3 Å².